The lowest BCUT2D eigenvalue weighted by molar-refractivity contribution is 0.977. The van der Waals surface area contributed by atoms with Crippen molar-refractivity contribution in [3.63, 3.8) is 0 Å². The van der Waals surface area contributed by atoms with Crippen LogP contribution in [0.2, 0.25) is 0 Å². The zero-order chi connectivity index (χ0) is 6.78. The van der Waals surface area contributed by atoms with Crippen molar-refractivity contribution in [2.75, 3.05) is 0 Å². The van der Waals surface area contributed by atoms with Gasteiger partial charge in [0.05, 0.1) is 5.16 Å². The Balaban J connectivity index is 3.39. The quantitative estimate of drug-likeness (QED) is 0.428. The number of hydrogen-bond acceptors (Lipinski definition) is 0. The molecule has 0 spiro atoms. The normalized spacial score (nSPS) is 12.8. The van der Waals surface area contributed by atoms with E-state index in [0.29, 0.717) is 3.74 Å². The predicted molar refractivity (Wildman–Crippen MR) is 62.4 cm³/mol. The van der Waals surface area contributed by atoms with Gasteiger partial charge in [0, 0.05) is 0 Å². The Morgan fingerprint density at radius 2 is 1.88 bits per heavy atom. The average molecular weight is 467 g/mol. The maximum atomic E-state index is 3.92. The minimum atomic E-state index is 0.118. The molecule has 0 nitrogen and oxygen atoms in total. The fourth-order valence-corrected chi connectivity index (χ4v) is 4.63. The highest BCUT2D eigenvalue weighted by Crippen LogP contribution is 2.35. The number of alkyl halides is 4. The molecule has 0 saturated carbocycles. The summed E-state index contributed by atoms with van der Waals surface area (Å²) in [6, 6.07) is 0. The molecule has 0 aliphatic carbocycles. The number of rotatable bonds is 2. The molecule has 0 aromatic carbocycles. The molecule has 0 aromatic heterocycles. The van der Waals surface area contributed by atoms with Crippen molar-refractivity contribution in [3.05, 3.63) is 6.92 Å². The van der Waals surface area contributed by atoms with Crippen LogP contribution in [0.15, 0.2) is 0 Å². The first-order valence-corrected chi connectivity index (χ1v) is 5.92. The fraction of sp³-hybridized carbons (Fsp3) is 0.750. The molecule has 1 radical (unpaired) electrons. The molecule has 49 valence electrons. The number of halogens is 4. The van der Waals surface area contributed by atoms with Gasteiger partial charge in [-0.15, -0.1) is 0 Å². The van der Waals surface area contributed by atoms with Crippen molar-refractivity contribution in [2.45, 2.75) is 11.6 Å². The summed E-state index contributed by atoms with van der Waals surface area (Å²) in [5.41, 5.74) is 0. The summed E-state index contributed by atoms with van der Waals surface area (Å²) >= 11 is 11.4. The molecule has 0 amide bonds. The molecule has 0 N–H and O–H groups in total. The van der Waals surface area contributed by atoms with E-state index in [-0.39, 0.29) is 1.43 Å². The van der Waals surface area contributed by atoms with E-state index in [1.165, 1.54) is 0 Å². The average Bonchev–Trinajstić information content (AvgIpc) is 1.21. The summed E-state index contributed by atoms with van der Waals surface area (Å²) in [4.78, 5) is 0. The van der Waals surface area contributed by atoms with Gasteiger partial charge in [-0.05, 0) is 13.3 Å². The van der Waals surface area contributed by atoms with Crippen LogP contribution < -0.4 is 0 Å². The van der Waals surface area contributed by atoms with Crippen molar-refractivity contribution < 1.29 is 0 Å². The highest BCUT2D eigenvalue weighted by molar-refractivity contribution is 14.2. The Hall–Kier alpha value is 2.42. The standard InChI is InChI=1S/C4H5Br2I2/c1-4(7,8)2-3(5)6/h3H,1-2H2. The van der Waals surface area contributed by atoms with E-state index in [1.807, 2.05) is 0 Å². The second-order valence-corrected chi connectivity index (χ2v) is 11.1. The van der Waals surface area contributed by atoms with Crippen LogP contribution in [-0.2, 0) is 0 Å². The number of hydrogen-bond donors (Lipinski definition) is 0. The molecule has 8 heavy (non-hydrogen) atoms. The van der Waals surface area contributed by atoms with Crippen molar-refractivity contribution in [1.82, 2.24) is 0 Å². The highest BCUT2D eigenvalue weighted by atomic mass is 127. The second kappa shape index (κ2) is 4.33. The van der Waals surface area contributed by atoms with Gasteiger partial charge in [-0.3, -0.25) is 0 Å². The van der Waals surface area contributed by atoms with Gasteiger partial charge in [0.25, 0.3) is 0 Å². The van der Waals surface area contributed by atoms with Gasteiger partial charge in [-0.2, -0.15) is 0 Å². The molecule has 0 heterocycles. The first kappa shape index (κ1) is 10.4. The molecule has 0 fully saturated rings. The van der Waals surface area contributed by atoms with Gasteiger partial charge in [0.2, 0.25) is 0 Å². The van der Waals surface area contributed by atoms with E-state index in [2.05, 4.69) is 84.0 Å². The lowest BCUT2D eigenvalue weighted by Gasteiger charge is -2.13. The maximum absolute atomic E-state index is 3.92. The van der Waals surface area contributed by atoms with Crippen LogP contribution >= 0.6 is 77.0 Å². The molecule has 0 unspecified atom stereocenters. The molecular formula is C4H5Br2I2. The van der Waals surface area contributed by atoms with Crippen molar-refractivity contribution >= 4 is 77.0 Å². The van der Waals surface area contributed by atoms with E-state index in [9.17, 15) is 0 Å². The summed E-state index contributed by atoms with van der Waals surface area (Å²) in [6.07, 6.45) is 1.02. The zero-order valence-electron chi connectivity index (χ0n) is 4.00. The van der Waals surface area contributed by atoms with E-state index >= 15 is 0 Å². The minimum absolute atomic E-state index is 0.118. The summed E-state index contributed by atoms with van der Waals surface area (Å²) in [5, 5.41) is 0. The highest BCUT2D eigenvalue weighted by Gasteiger charge is 2.17. The van der Waals surface area contributed by atoms with Gasteiger partial charge in [-0.1, -0.05) is 77.0 Å². The van der Waals surface area contributed by atoms with Gasteiger partial charge in [-0.25, -0.2) is 0 Å². The van der Waals surface area contributed by atoms with Crippen LogP contribution in [0.3, 0.4) is 0 Å². The molecule has 4 heteroatoms. The Kier molecular flexibility index (Phi) is 5.64. The monoisotopic (exact) mass is 465 g/mol. The lowest BCUT2D eigenvalue weighted by atomic mass is 10.4. The Morgan fingerprint density at radius 1 is 1.50 bits per heavy atom. The summed E-state index contributed by atoms with van der Waals surface area (Å²) in [5.74, 6) is 0. The predicted octanol–water partition coefficient (Wildman–Crippen LogP) is 3.89. The minimum Gasteiger partial charge on any atom is -0.0764 e. The molecule has 0 rings (SSSR count). The van der Waals surface area contributed by atoms with Crippen LogP contribution in [0.5, 0.6) is 0 Å². The Labute approximate surface area is 94.1 Å². The first-order chi connectivity index (χ1) is 3.42. The molecule has 0 aliphatic rings. The zero-order valence-corrected chi connectivity index (χ0v) is 11.5. The van der Waals surface area contributed by atoms with Crippen LogP contribution in [0.4, 0.5) is 0 Å². The van der Waals surface area contributed by atoms with Gasteiger partial charge >= 0.3 is 0 Å². The smallest absolute Gasteiger partial charge is 0.0754 e. The summed E-state index contributed by atoms with van der Waals surface area (Å²) in [6.45, 7) is 3.92. The molecule has 0 aliphatic heterocycles. The van der Waals surface area contributed by atoms with Crippen molar-refractivity contribution in [1.29, 1.82) is 0 Å². The Morgan fingerprint density at radius 3 is 1.88 bits per heavy atom. The van der Waals surface area contributed by atoms with Crippen LogP contribution in [0.25, 0.3) is 0 Å². The summed E-state index contributed by atoms with van der Waals surface area (Å²) < 4.78 is 0.508. The first-order valence-electron chi connectivity index (χ1n) is 1.93. The van der Waals surface area contributed by atoms with Gasteiger partial charge in [0.1, 0.15) is 0 Å². The van der Waals surface area contributed by atoms with Crippen LogP contribution in [-0.4, -0.2) is 5.16 Å². The molecule has 0 aromatic rings. The van der Waals surface area contributed by atoms with E-state index in [0.717, 1.165) is 6.42 Å². The Bertz CT molecular complexity index is 66.9. The van der Waals surface area contributed by atoms with E-state index < -0.39 is 0 Å². The van der Waals surface area contributed by atoms with Crippen LogP contribution in [0.1, 0.15) is 6.42 Å². The third-order valence-electron chi connectivity index (χ3n) is 0.453. The van der Waals surface area contributed by atoms with Crippen molar-refractivity contribution in [2.24, 2.45) is 0 Å². The molecule has 0 atom stereocenters. The van der Waals surface area contributed by atoms with E-state index in [1.54, 1.807) is 0 Å². The fourth-order valence-electron chi connectivity index (χ4n) is 0.226. The topological polar surface area (TPSA) is 0 Å². The third-order valence-corrected chi connectivity index (χ3v) is 1.98. The summed E-state index contributed by atoms with van der Waals surface area (Å²) in [7, 11) is 0. The largest absolute Gasteiger partial charge is 0.0764 e. The van der Waals surface area contributed by atoms with Gasteiger partial charge in [0.15, 0.2) is 0 Å². The van der Waals surface area contributed by atoms with E-state index in [4.69, 9.17) is 0 Å². The molecule has 0 bridgehead atoms. The SMILES string of the molecule is [CH2]C(I)(I)CC(Br)Br. The molecular weight excluding hydrogens is 462 g/mol. The second-order valence-electron chi connectivity index (χ2n) is 1.45. The van der Waals surface area contributed by atoms with Crippen LogP contribution in [0, 0.1) is 6.92 Å². The molecule has 0 saturated heterocycles. The third kappa shape index (κ3) is 8.42. The lowest BCUT2D eigenvalue weighted by Crippen LogP contribution is -2.07. The van der Waals surface area contributed by atoms with Gasteiger partial charge < -0.3 is 0 Å². The van der Waals surface area contributed by atoms with Crippen molar-refractivity contribution in [3.8, 4) is 0 Å². The maximum Gasteiger partial charge on any atom is 0.0754 e.